The highest BCUT2D eigenvalue weighted by molar-refractivity contribution is 9.10. The van der Waals surface area contributed by atoms with Crippen LogP contribution in [0.15, 0.2) is 28.9 Å². The highest BCUT2D eigenvalue weighted by Crippen LogP contribution is 2.18. The second-order valence-corrected chi connectivity index (χ2v) is 4.82. The molecule has 0 fully saturated rings. The van der Waals surface area contributed by atoms with Crippen molar-refractivity contribution in [1.82, 2.24) is 25.2 Å². The van der Waals surface area contributed by atoms with Crippen LogP contribution in [0, 0.1) is 0 Å². The first kappa shape index (κ1) is 11.2. The lowest BCUT2D eigenvalue weighted by Gasteiger charge is -2.05. The summed E-state index contributed by atoms with van der Waals surface area (Å²) in [6.07, 6.45) is 1.74. The molecule has 2 N–H and O–H groups in total. The zero-order valence-corrected chi connectivity index (χ0v) is 11.3. The van der Waals surface area contributed by atoms with E-state index in [0.29, 0.717) is 6.54 Å². The molecule has 0 atom stereocenters. The summed E-state index contributed by atoms with van der Waals surface area (Å²) in [5.74, 6) is 0. The van der Waals surface area contributed by atoms with E-state index in [9.17, 15) is 0 Å². The van der Waals surface area contributed by atoms with Crippen molar-refractivity contribution in [1.29, 1.82) is 0 Å². The molecule has 7 heteroatoms. The van der Waals surface area contributed by atoms with Crippen molar-refractivity contribution in [3.8, 4) is 0 Å². The van der Waals surface area contributed by atoms with Crippen molar-refractivity contribution in [3.63, 3.8) is 0 Å². The van der Waals surface area contributed by atoms with Gasteiger partial charge in [0.1, 0.15) is 5.52 Å². The van der Waals surface area contributed by atoms with Crippen molar-refractivity contribution in [3.05, 3.63) is 34.6 Å². The first-order valence-corrected chi connectivity index (χ1v) is 6.24. The molecular weight excluding hydrogens is 296 g/mol. The van der Waals surface area contributed by atoms with Gasteiger partial charge in [-0.25, -0.2) is 4.68 Å². The molecule has 0 aliphatic carbocycles. The largest absolute Gasteiger partial charge is 0.379 e. The Morgan fingerprint density at radius 2 is 2.33 bits per heavy atom. The van der Waals surface area contributed by atoms with Crippen LogP contribution in [-0.2, 0) is 13.6 Å². The number of anilines is 1. The summed E-state index contributed by atoms with van der Waals surface area (Å²) in [5, 5.41) is 18.2. The van der Waals surface area contributed by atoms with Crippen LogP contribution in [0.2, 0.25) is 0 Å². The van der Waals surface area contributed by atoms with E-state index in [1.54, 1.807) is 10.9 Å². The molecule has 0 bridgehead atoms. The predicted molar refractivity (Wildman–Crippen MR) is 72.1 cm³/mol. The lowest BCUT2D eigenvalue weighted by molar-refractivity contribution is 0.736. The molecule has 0 aliphatic heterocycles. The van der Waals surface area contributed by atoms with E-state index in [1.807, 2.05) is 25.2 Å². The van der Waals surface area contributed by atoms with Crippen molar-refractivity contribution < 1.29 is 0 Å². The van der Waals surface area contributed by atoms with Crippen molar-refractivity contribution in [2.45, 2.75) is 6.54 Å². The quantitative estimate of drug-likeness (QED) is 0.777. The van der Waals surface area contributed by atoms with Gasteiger partial charge in [0.2, 0.25) is 0 Å². The third kappa shape index (κ3) is 1.97. The maximum absolute atomic E-state index is 4.08. The second kappa shape index (κ2) is 4.41. The van der Waals surface area contributed by atoms with E-state index in [1.165, 1.54) is 0 Å². The topological polar surface area (TPSA) is 71.4 Å². The monoisotopic (exact) mass is 306 g/mol. The predicted octanol–water partition coefficient (Wildman–Crippen LogP) is 2.07. The first-order valence-electron chi connectivity index (χ1n) is 5.45. The van der Waals surface area contributed by atoms with Gasteiger partial charge in [0.05, 0.1) is 28.4 Å². The van der Waals surface area contributed by atoms with Gasteiger partial charge < -0.3 is 5.32 Å². The minimum atomic E-state index is 0.673. The van der Waals surface area contributed by atoms with Gasteiger partial charge in [-0.15, -0.1) is 5.10 Å². The molecule has 3 aromatic rings. The summed E-state index contributed by atoms with van der Waals surface area (Å²) >= 11 is 3.42. The number of benzene rings is 1. The van der Waals surface area contributed by atoms with Gasteiger partial charge in [-0.2, -0.15) is 5.10 Å². The van der Waals surface area contributed by atoms with E-state index in [4.69, 9.17) is 0 Å². The van der Waals surface area contributed by atoms with Crippen LogP contribution in [0.3, 0.4) is 0 Å². The number of aromatic amines is 1. The summed E-state index contributed by atoms with van der Waals surface area (Å²) in [6.45, 7) is 0.673. The number of halogens is 1. The van der Waals surface area contributed by atoms with Gasteiger partial charge in [-0.05, 0) is 34.1 Å². The summed E-state index contributed by atoms with van der Waals surface area (Å²) in [5.41, 5.74) is 3.91. The lowest BCUT2D eigenvalue weighted by Crippen LogP contribution is -2.00. The zero-order chi connectivity index (χ0) is 12.5. The van der Waals surface area contributed by atoms with Gasteiger partial charge in [-0.3, -0.25) is 5.10 Å². The maximum Gasteiger partial charge on any atom is 0.115 e. The van der Waals surface area contributed by atoms with Gasteiger partial charge >= 0.3 is 0 Å². The fourth-order valence-electron chi connectivity index (χ4n) is 1.76. The van der Waals surface area contributed by atoms with Gasteiger partial charge in [0.15, 0.2) is 0 Å². The summed E-state index contributed by atoms with van der Waals surface area (Å²) in [4.78, 5) is 0. The normalized spacial score (nSPS) is 11.0. The fraction of sp³-hybridized carbons (Fsp3) is 0.182. The molecule has 0 radical (unpaired) electrons. The number of nitrogens with zero attached hydrogens (tertiary/aromatic N) is 4. The minimum absolute atomic E-state index is 0.673. The van der Waals surface area contributed by atoms with Gasteiger partial charge in [0, 0.05) is 12.7 Å². The van der Waals surface area contributed by atoms with Crippen LogP contribution >= 0.6 is 15.9 Å². The highest BCUT2D eigenvalue weighted by atomic mass is 79.9. The third-order valence-electron chi connectivity index (χ3n) is 2.75. The van der Waals surface area contributed by atoms with E-state index < -0.39 is 0 Å². The smallest absolute Gasteiger partial charge is 0.115 e. The molecule has 92 valence electrons. The summed E-state index contributed by atoms with van der Waals surface area (Å²) in [7, 11) is 1.88. The van der Waals surface area contributed by atoms with Crippen LogP contribution < -0.4 is 5.32 Å². The Labute approximate surface area is 112 Å². The summed E-state index contributed by atoms with van der Waals surface area (Å²) in [6, 6.07) is 5.99. The second-order valence-electron chi connectivity index (χ2n) is 3.97. The number of fused-ring (bicyclic) bond motifs is 1. The van der Waals surface area contributed by atoms with Crippen molar-refractivity contribution >= 4 is 32.7 Å². The Kier molecular flexibility index (Phi) is 2.75. The number of hydrogen-bond donors (Lipinski definition) is 2. The average Bonchev–Trinajstić information content (AvgIpc) is 2.94. The van der Waals surface area contributed by atoms with Crippen LogP contribution in [0.1, 0.15) is 5.69 Å². The zero-order valence-electron chi connectivity index (χ0n) is 9.68. The molecule has 0 saturated carbocycles. The number of aryl methyl sites for hydroxylation is 1. The Bertz CT molecular complexity index is 686. The highest BCUT2D eigenvalue weighted by Gasteiger charge is 2.04. The Balaban J connectivity index is 1.81. The molecule has 0 amide bonds. The van der Waals surface area contributed by atoms with Crippen molar-refractivity contribution in [2.24, 2.45) is 7.05 Å². The lowest BCUT2D eigenvalue weighted by atomic mass is 10.2. The fourth-order valence-corrected chi connectivity index (χ4v) is 2.09. The third-order valence-corrected chi connectivity index (χ3v) is 3.43. The van der Waals surface area contributed by atoms with E-state index in [-0.39, 0.29) is 0 Å². The first-order chi connectivity index (χ1) is 8.74. The number of rotatable bonds is 3. The number of hydrogen-bond acceptors (Lipinski definition) is 4. The molecule has 0 saturated heterocycles. The van der Waals surface area contributed by atoms with E-state index in [0.717, 1.165) is 26.9 Å². The standard InChI is InChI=1S/C11H11BrN6/c1-18-11-3-2-7(4-9(11)16-17-18)13-6-10-8(12)5-14-15-10/h2-5,13H,6H2,1H3,(H,14,15). The molecule has 2 aromatic heterocycles. The molecule has 0 spiro atoms. The minimum Gasteiger partial charge on any atom is -0.379 e. The van der Waals surface area contributed by atoms with Crippen molar-refractivity contribution in [2.75, 3.05) is 5.32 Å². The maximum atomic E-state index is 4.08. The number of aromatic nitrogens is 5. The van der Waals surface area contributed by atoms with Gasteiger partial charge in [-0.1, -0.05) is 5.21 Å². The molecule has 0 aliphatic rings. The molecule has 2 heterocycles. The molecular formula is C11H11BrN6. The Morgan fingerprint density at radius 1 is 1.44 bits per heavy atom. The van der Waals surface area contributed by atoms with Crippen LogP contribution in [-0.4, -0.2) is 25.2 Å². The SMILES string of the molecule is Cn1nnc2cc(NCc3[nH]ncc3Br)ccc21. The Hall–Kier alpha value is -1.89. The molecule has 0 unspecified atom stereocenters. The van der Waals surface area contributed by atoms with Crippen LogP contribution in [0.5, 0.6) is 0 Å². The summed E-state index contributed by atoms with van der Waals surface area (Å²) < 4.78 is 2.72. The number of nitrogens with one attached hydrogen (secondary N) is 2. The molecule has 3 rings (SSSR count). The van der Waals surface area contributed by atoms with Gasteiger partial charge in [0.25, 0.3) is 0 Å². The molecule has 1 aromatic carbocycles. The molecule has 6 nitrogen and oxygen atoms in total. The van der Waals surface area contributed by atoms with Crippen LogP contribution in [0.25, 0.3) is 11.0 Å². The molecule has 18 heavy (non-hydrogen) atoms. The Morgan fingerprint density at radius 3 is 3.11 bits per heavy atom. The average molecular weight is 307 g/mol. The van der Waals surface area contributed by atoms with Crippen LogP contribution in [0.4, 0.5) is 5.69 Å². The van der Waals surface area contributed by atoms with E-state index >= 15 is 0 Å². The van der Waals surface area contributed by atoms with E-state index in [2.05, 4.69) is 41.8 Å². The number of H-pyrrole nitrogens is 1.